The van der Waals surface area contributed by atoms with E-state index < -0.39 is 29.9 Å². The number of aliphatic hydroxyl groups is 1. The van der Waals surface area contributed by atoms with Gasteiger partial charge in [-0.3, -0.25) is 0 Å². The Balaban J connectivity index is 2.14. The molecule has 2 N–H and O–H groups in total. The predicted molar refractivity (Wildman–Crippen MR) is 118 cm³/mol. The third-order valence-electron chi connectivity index (χ3n) is 4.51. The average molecular weight is 430 g/mol. The number of nitrogens with zero attached hydrogens (tertiary/aromatic N) is 1. The molecule has 0 radical (unpaired) electrons. The summed E-state index contributed by atoms with van der Waals surface area (Å²) in [7, 11) is 1.69. The molecule has 0 aliphatic carbocycles. The molecule has 0 aromatic heterocycles. The van der Waals surface area contributed by atoms with Crippen LogP contribution in [0.1, 0.15) is 44.9 Å². The Bertz CT molecular complexity index is 888. The van der Waals surface area contributed by atoms with Crippen molar-refractivity contribution in [2.45, 2.75) is 52.0 Å². The first-order chi connectivity index (χ1) is 14.5. The van der Waals surface area contributed by atoms with Gasteiger partial charge in [0.1, 0.15) is 11.7 Å². The van der Waals surface area contributed by atoms with E-state index in [4.69, 9.17) is 9.47 Å². The third-order valence-corrected chi connectivity index (χ3v) is 4.51. The van der Waals surface area contributed by atoms with Gasteiger partial charge in [-0.15, -0.1) is 0 Å². The summed E-state index contributed by atoms with van der Waals surface area (Å²) in [6.45, 7) is 7.75. The number of ether oxygens (including phenoxy) is 2. The van der Waals surface area contributed by atoms with Crippen molar-refractivity contribution in [3.8, 4) is 11.1 Å². The van der Waals surface area contributed by atoms with Crippen LogP contribution in [0.5, 0.6) is 0 Å². The largest absolute Gasteiger partial charge is 0.479 e. The summed E-state index contributed by atoms with van der Waals surface area (Å²) in [4.78, 5) is 25.0. The topological polar surface area (TPSA) is 96.3 Å². The number of aliphatic carboxylic acids is 1. The molecule has 168 valence electrons. The van der Waals surface area contributed by atoms with Crippen molar-refractivity contribution in [1.82, 2.24) is 4.90 Å². The Hall–Kier alpha value is -2.90. The lowest BCUT2D eigenvalue weighted by molar-refractivity contribution is -0.158. The molecule has 2 aromatic rings. The van der Waals surface area contributed by atoms with E-state index >= 15 is 0 Å². The van der Waals surface area contributed by atoms with E-state index in [1.807, 2.05) is 57.2 Å². The standard InChI is InChI=1S/C24H31NO6/c1-6-30-21(22(27)28)20(26)18-12-10-17(11-13-18)19-9-7-8-16(14-19)15-25(5)23(29)31-24(2,3)4/h7-14,20-21,26H,6,15H2,1-5H3,(H,27,28)/t20-,21+/m1/s1. The lowest BCUT2D eigenvalue weighted by atomic mass is 9.98. The van der Waals surface area contributed by atoms with Gasteiger partial charge in [-0.25, -0.2) is 9.59 Å². The van der Waals surface area contributed by atoms with Crippen LogP contribution in [0.2, 0.25) is 0 Å². The summed E-state index contributed by atoms with van der Waals surface area (Å²) < 4.78 is 10.5. The van der Waals surface area contributed by atoms with Crippen molar-refractivity contribution in [2.75, 3.05) is 13.7 Å². The first kappa shape index (κ1) is 24.4. The molecule has 0 unspecified atom stereocenters. The van der Waals surface area contributed by atoms with Crippen molar-refractivity contribution in [1.29, 1.82) is 0 Å². The Morgan fingerprint density at radius 3 is 2.26 bits per heavy atom. The maximum absolute atomic E-state index is 12.2. The normalized spacial score (nSPS) is 13.4. The summed E-state index contributed by atoms with van der Waals surface area (Å²) in [6.07, 6.45) is -2.97. The number of rotatable bonds is 8. The summed E-state index contributed by atoms with van der Waals surface area (Å²) in [5.74, 6) is -1.21. The number of carbonyl (C=O) groups is 2. The third kappa shape index (κ3) is 7.08. The van der Waals surface area contributed by atoms with Crippen molar-refractivity contribution >= 4 is 12.1 Å². The molecule has 2 atom stereocenters. The van der Waals surface area contributed by atoms with Crippen molar-refractivity contribution in [3.05, 3.63) is 59.7 Å². The Kier molecular flexibility index (Phi) is 8.19. The summed E-state index contributed by atoms with van der Waals surface area (Å²) in [5, 5.41) is 19.6. The zero-order valence-electron chi connectivity index (χ0n) is 18.7. The Morgan fingerprint density at radius 2 is 1.71 bits per heavy atom. The number of aliphatic hydroxyl groups excluding tert-OH is 1. The predicted octanol–water partition coefficient (Wildman–Crippen LogP) is 4.24. The molecular weight excluding hydrogens is 398 g/mol. The molecule has 1 amide bonds. The first-order valence-corrected chi connectivity index (χ1v) is 10.2. The van der Waals surface area contributed by atoms with Gasteiger partial charge < -0.3 is 24.6 Å². The first-order valence-electron chi connectivity index (χ1n) is 10.2. The molecule has 7 heteroatoms. The highest BCUT2D eigenvalue weighted by Crippen LogP contribution is 2.26. The van der Waals surface area contributed by atoms with E-state index in [9.17, 15) is 19.8 Å². The molecule has 0 heterocycles. The van der Waals surface area contributed by atoms with Gasteiger partial charge in [0.25, 0.3) is 0 Å². The van der Waals surface area contributed by atoms with Gasteiger partial charge >= 0.3 is 12.1 Å². The fourth-order valence-corrected chi connectivity index (χ4v) is 3.05. The van der Waals surface area contributed by atoms with Crippen molar-refractivity contribution in [2.24, 2.45) is 0 Å². The van der Waals surface area contributed by atoms with Gasteiger partial charge in [0.2, 0.25) is 0 Å². The van der Waals surface area contributed by atoms with Crippen molar-refractivity contribution < 1.29 is 29.3 Å². The Morgan fingerprint density at radius 1 is 1.06 bits per heavy atom. The Labute approximate surface area is 183 Å². The van der Waals surface area contributed by atoms with Crippen LogP contribution in [-0.2, 0) is 20.8 Å². The molecule has 2 rings (SSSR count). The van der Waals surface area contributed by atoms with Crippen molar-refractivity contribution in [3.63, 3.8) is 0 Å². The van der Waals surface area contributed by atoms with Crippen LogP contribution in [0.3, 0.4) is 0 Å². The lowest BCUT2D eigenvalue weighted by Crippen LogP contribution is -2.33. The molecule has 7 nitrogen and oxygen atoms in total. The molecule has 0 saturated carbocycles. The van der Waals surface area contributed by atoms with Gasteiger partial charge in [0.05, 0.1) is 0 Å². The van der Waals surface area contributed by atoms with E-state index in [-0.39, 0.29) is 6.61 Å². The lowest BCUT2D eigenvalue weighted by Gasteiger charge is -2.24. The van der Waals surface area contributed by atoms with Gasteiger partial charge in [0, 0.05) is 20.2 Å². The van der Waals surface area contributed by atoms with Gasteiger partial charge in [-0.1, -0.05) is 42.5 Å². The van der Waals surface area contributed by atoms with E-state index in [0.29, 0.717) is 12.1 Å². The number of benzene rings is 2. The monoisotopic (exact) mass is 429 g/mol. The van der Waals surface area contributed by atoms with Crippen LogP contribution in [0.25, 0.3) is 11.1 Å². The van der Waals surface area contributed by atoms with Crippen LogP contribution in [-0.4, -0.2) is 52.5 Å². The van der Waals surface area contributed by atoms with Crippen LogP contribution >= 0.6 is 0 Å². The smallest absolute Gasteiger partial charge is 0.410 e. The van der Waals surface area contributed by atoms with Crippen LogP contribution in [0, 0.1) is 0 Å². The number of carboxylic acid groups (broad SMARTS) is 1. The molecule has 0 fully saturated rings. The summed E-state index contributed by atoms with van der Waals surface area (Å²) in [5.41, 5.74) is 2.70. The SMILES string of the molecule is CCO[C@H](C(=O)O)[C@H](O)c1ccc(-c2cccc(CN(C)C(=O)OC(C)(C)C)c2)cc1. The number of amides is 1. The number of hydrogen-bond donors (Lipinski definition) is 2. The van der Waals surface area contributed by atoms with Gasteiger partial charge in [-0.2, -0.15) is 0 Å². The van der Waals surface area contributed by atoms with Crippen LogP contribution < -0.4 is 0 Å². The fourth-order valence-electron chi connectivity index (χ4n) is 3.05. The maximum atomic E-state index is 12.2. The molecule has 31 heavy (non-hydrogen) atoms. The van der Waals surface area contributed by atoms with E-state index in [1.54, 1.807) is 26.1 Å². The molecule has 0 spiro atoms. The highest BCUT2D eigenvalue weighted by Gasteiger charge is 2.28. The van der Waals surface area contributed by atoms with Crippen LogP contribution in [0.15, 0.2) is 48.5 Å². The summed E-state index contributed by atoms with van der Waals surface area (Å²) in [6, 6.07) is 14.8. The molecule has 0 aliphatic rings. The molecule has 0 bridgehead atoms. The van der Waals surface area contributed by atoms with E-state index in [2.05, 4.69) is 0 Å². The average Bonchev–Trinajstić information content (AvgIpc) is 2.70. The second-order valence-corrected chi connectivity index (χ2v) is 8.32. The second kappa shape index (κ2) is 10.4. The number of carbonyl (C=O) groups excluding carboxylic acids is 1. The zero-order chi connectivity index (χ0) is 23.2. The molecule has 0 saturated heterocycles. The maximum Gasteiger partial charge on any atom is 0.410 e. The molecule has 2 aromatic carbocycles. The minimum absolute atomic E-state index is 0.191. The van der Waals surface area contributed by atoms with E-state index in [0.717, 1.165) is 16.7 Å². The summed E-state index contributed by atoms with van der Waals surface area (Å²) >= 11 is 0. The fraction of sp³-hybridized carbons (Fsp3) is 0.417. The minimum atomic E-state index is -1.32. The highest BCUT2D eigenvalue weighted by molar-refractivity contribution is 5.73. The second-order valence-electron chi connectivity index (χ2n) is 8.32. The quantitative estimate of drug-likeness (QED) is 0.651. The van der Waals surface area contributed by atoms with Gasteiger partial charge in [0.15, 0.2) is 6.10 Å². The van der Waals surface area contributed by atoms with E-state index in [1.165, 1.54) is 4.90 Å². The highest BCUT2D eigenvalue weighted by atomic mass is 16.6. The zero-order valence-corrected chi connectivity index (χ0v) is 18.7. The van der Waals surface area contributed by atoms with Crippen LogP contribution in [0.4, 0.5) is 4.79 Å². The number of carboxylic acids is 1. The minimum Gasteiger partial charge on any atom is -0.479 e. The van der Waals surface area contributed by atoms with Gasteiger partial charge in [-0.05, 0) is 56.0 Å². The molecular formula is C24H31NO6. The molecule has 0 aliphatic heterocycles. The number of hydrogen-bond acceptors (Lipinski definition) is 5.